The molecule has 2 saturated carbocycles. The van der Waals surface area contributed by atoms with Crippen LogP contribution in [0.1, 0.15) is 83.2 Å². The minimum Gasteiger partial charge on any atom is -0.351 e. The number of rotatable bonds is 8. The van der Waals surface area contributed by atoms with Gasteiger partial charge in [0.1, 0.15) is 0 Å². The highest BCUT2D eigenvalue weighted by Crippen LogP contribution is 2.35. The fraction of sp³-hybridized carbons (Fsp3) is 0.682. The van der Waals surface area contributed by atoms with Crippen LogP contribution in [-0.2, 0) is 0 Å². The standard InChI is InChI=1S/C22H34N4/c1-3-8-18(15-17-9-7-10-17)20(16-23-2)21-13-14-24-22(26-21)25-19-11-5-4-6-12-19/h13-14,16-17,19H,3-12,15H2,1-2H3,(H,24,25,26)/b20-18-,23-16-. The van der Waals surface area contributed by atoms with Crippen LogP contribution in [0.4, 0.5) is 5.95 Å². The van der Waals surface area contributed by atoms with Gasteiger partial charge >= 0.3 is 0 Å². The van der Waals surface area contributed by atoms with Gasteiger partial charge in [0.25, 0.3) is 0 Å². The van der Waals surface area contributed by atoms with Crippen molar-refractivity contribution in [2.75, 3.05) is 12.4 Å². The minimum atomic E-state index is 0.524. The summed E-state index contributed by atoms with van der Waals surface area (Å²) in [5.74, 6) is 1.63. The van der Waals surface area contributed by atoms with Crippen LogP contribution in [0.25, 0.3) is 5.57 Å². The number of hydrogen-bond acceptors (Lipinski definition) is 4. The van der Waals surface area contributed by atoms with Gasteiger partial charge in [-0.3, -0.25) is 4.99 Å². The molecule has 4 heteroatoms. The van der Waals surface area contributed by atoms with Gasteiger partial charge in [-0.15, -0.1) is 0 Å². The molecule has 0 radical (unpaired) electrons. The maximum Gasteiger partial charge on any atom is 0.223 e. The predicted molar refractivity (Wildman–Crippen MR) is 111 cm³/mol. The zero-order chi connectivity index (χ0) is 18.2. The Labute approximate surface area is 158 Å². The van der Waals surface area contributed by atoms with Gasteiger partial charge in [-0.1, -0.05) is 57.4 Å². The number of aromatic nitrogens is 2. The average molecular weight is 355 g/mol. The molecule has 3 rings (SSSR count). The van der Waals surface area contributed by atoms with E-state index in [1.807, 2.05) is 25.5 Å². The zero-order valence-corrected chi connectivity index (χ0v) is 16.5. The largest absolute Gasteiger partial charge is 0.351 e. The number of nitrogens with zero attached hydrogens (tertiary/aromatic N) is 3. The maximum atomic E-state index is 4.87. The summed E-state index contributed by atoms with van der Waals surface area (Å²) >= 11 is 0. The Morgan fingerprint density at radius 2 is 2.00 bits per heavy atom. The third kappa shape index (κ3) is 5.15. The molecule has 4 nitrogen and oxygen atoms in total. The first-order valence-corrected chi connectivity index (χ1v) is 10.5. The highest BCUT2D eigenvalue weighted by Gasteiger charge is 2.21. The Bertz CT molecular complexity index is 625. The second-order valence-corrected chi connectivity index (χ2v) is 7.90. The van der Waals surface area contributed by atoms with Crippen LogP contribution in [0.5, 0.6) is 0 Å². The van der Waals surface area contributed by atoms with Gasteiger partial charge in [-0.2, -0.15) is 0 Å². The molecule has 26 heavy (non-hydrogen) atoms. The van der Waals surface area contributed by atoms with Crippen molar-refractivity contribution >= 4 is 17.7 Å². The molecule has 1 aromatic rings. The summed E-state index contributed by atoms with van der Waals surface area (Å²) < 4.78 is 0. The molecule has 142 valence electrons. The molecule has 1 heterocycles. The molecule has 0 aromatic carbocycles. The van der Waals surface area contributed by atoms with E-state index in [4.69, 9.17) is 4.98 Å². The lowest BCUT2D eigenvalue weighted by molar-refractivity contribution is 0.311. The lowest BCUT2D eigenvalue weighted by Gasteiger charge is -2.27. The minimum absolute atomic E-state index is 0.524. The molecule has 0 amide bonds. The van der Waals surface area contributed by atoms with E-state index in [0.29, 0.717) is 6.04 Å². The lowest BCUT2D eigenvalue weighted by atomic mass is 9.79. The van der Waals surface area contributed by atoms with Crippen LogP contribution < -0.4 is 5.32 Å². The van der Waals surface area contributed by atoms with Crippen LogP contribution in [0.2, 0.25) is 0 Å². The van der Waals surface area contributed by atoms with Gasteiger partial charge in [0.05, 0.1) is 5.69 Å². The third-order valence-corrected chi connectivity index (χ3v) is 5.82. The van der Waals surface area contributed by atoms with Gasteiger partial charge in [-0.25, -0.2) is 9.97 Å². The number of hydrogen-bond donors (Lipinski definition) is 1. The molecule has 1 N–H and O–H groups in total. The summed E-state index contributed by atoms with van der Waals surface area (Å²) in [5.41, 5.74) is 3.76. The van der Waals surface area contributed by atoms with Crippen molar-refractivity contribution in [1.82, 2.24) is 9.97 Å². The molecular weight excluding hydrogens is 320 g/mol. The van der Waals surface area contributed by atoms with E-state index in [0.717, 1.165) is 24.0 Å². The van der Waals surface area contributed by atoms with Gasteiger partial charge < -0.3 is 5.32 Å². The molecule has 0 spiro atoms. The first-order chi connectivity index (χ1) is 12.8. The van der Waals surface area contributed by atoms with Crippen LogP contribution in [-0.4, -0.2) is 29.3 Å². The summed E-state index contributed by atoms with van der Waals surface area (Å²) in [6.07, 6.45) is 18.0. The normalized spacial score (nSPS) is 20.1. The zero-order valence-electron chi connectivity index (χ0n) is 16.5. The second-order valence-electron chi connectivity index (χ2n) is 7.90. The first kappa shape index (κ1) is 19.1. The molecular formula is C22H34N4. The van der Waals surface area contributed by atoms with E-state index in [2.05, 4.69) is 22.2 Å². The summed E-state index contributed by atoms with van der Waals surface area (Å²) in [4.78, 5) is 13.7. The fourth-order valence-electron chi connectivity index (χ4n) is 4.17. The van der Waals surface area contributed by atoms with E-state index in [1.54, 1.807) is 0 Å². The molecule has 0 atom stereocenters. The first-order valence-electron chi connectivity index (χ1n) is 10.5. The van der Waals surface area contributed by atoms with Crippen LogP contribution >= 0.6 is 0 Å². The summed E-state index contributed by atoms with van der Waals surface area (Å²) in [5, 5.41) is 3.56. The molecule has 0 aliphatic heterocycles. The van der Waals surface area contributed by atoms with E-state index in [-0.39, 0.29) is 0 Å². The van der Waals surface area contributed by atoms with Crippen LogP contribution in [0.3, 0.4) is 0 Å². The molecule has 0 unspecified atom stereocenters. The van der Waals surface area contributed by atoms with Crippen molar-refractivity contribution in [3.63, 3.8) is 0 Å². The monoisotopic (exact) mass is 354 g/mol. The Hall–Kier alpha value is -1.71. The Kier molecular flexibility index (Phi) is 7.22. The Morgan fingerprint density at radius 1 is 1.19 bits per heavy atom. The predicted octanol–water partition coefficient (Wildman–Crippen LogP) is 5.67. The van der Waals surface area contributed by atoms with E-state index >= 15 is 0 Å². The lowest BCUT2D eigenvalue weighted by Crippen LogP contribution is -2.23. The van der Waals surface area contributed by atoms with Crippen molar-refractivity contribution < 1.29 is 0 Å². The van der Waals surface area contributed by atoms with Crippen LogP contribution in [0, 0.1) is 5.92 Å². The van der Waals surface area contributed by atoms with Gasteiger partial charge in [0.2, 0.25) is 5.95 Å². The summed E-state index contributed by atoms with van der Waals surface area (Å²) in [7, 11) is 1.86. The summed E-state index contributed by atoms with van der Waals surface area (Å²) in [6, 6.07) is 2.57. The quantitative estimate of drug-likeness (QED) is 0.612. The van der Waals surface area contributed by atoms with Gasteiger partial charge in [0.15, 0.2) is 0 Å². The van der Waals surface area contributed by atoms with Gasteiger partial charge in [0, 0.05) is 31.1 Å². The Morgan fingerprint density at radius 3 is 2.65 bits per heavy atom. The second kappa shape index (κ2) is 9.84. The summed E-state index contributed by atoms with van der Waals surface area (Å²) in [6.45, 7) is 2.26. The highest BCUT2D eigenvalue weighted by atomic mass is 15.1. The smallest absolute Gasteiger partial charge is 0.223 e. The highest BCUT2D eigenvalue weighted by molar-refractivity contribution is 6.10. The van der Waals surface area contributed by atoms with E-state index in [1.165, 1.54) is 75.4 Å². The van der Waals surface area contributed by atoms with Crippen molar-refractivity contribution in [1.29, 1.82) is 0 Å². The third-order valence-electron chi connectivity index (χ3n) is 5.82. The molecule has 2 aliphatic rings. The topological polar surface area (TPSA) is 50.2 Å². The van der Waals surface area contributed by atoms with Crippen molar-refractivity contribution in [2.45, 2.75) is 83.6 Å². The van der Waals surface area contributed by atoms with Crippen molar-refractivity contribution in [2.24, 2.45) is 10.9 Å². The van der Waals surface area contributed by atoms with Crippen molar-refractivity contribution in [3.8, 4) is 0 Å². The van der Waals surface area contributed by atoms with E-state index in [9.17, 15) is 0 Å². The number of aliphatic imine (C=N–C) groups is 1. The average Bonchev–Trinajstić information content (AvgIpc) is 2.63. The van der Waals surface area contributed by atoms with Crippen LogP contribution in [0.15, 0.2) is 22.8 Å². The fourth-order valence-corrected chi connectivity index (χ4v) is 4.17. The maximum absolute atomic E-state index is 4.87. The molecule has 1 aromatic heterocycles. The molecule has 2 aliphatic carbocycles. The van der Waals surface area contributed by atoms with Crippen molar-refractivity contribution in [3.05, 3.63) is 23.5 Å². The van der Waals surface area contributed by atoms with E-state index < -0.39 is 0 Å². The SMILES string of the molecule is CCC/C(CC1CCC1)=C(\C=N/C)c1ccnc(NC2CCCCC2)n1. The number of allylic oxidation sites excluding steroid dienone is 2. The molecule has 2 fully saturated rings. The number of nitrogens with one attached hydrogen (secondary N) is 1. The number of anilines is 1. The molecule has 0 saturated heterocycles. The van der Waals surface area contributed by atoms with Gasteiger partial charge in [-0.05, 0) is 37.7 Å². The Balaban J connectivity index is 1.83. The molecule has 0 bridgehead atoms.